The topological polar surface area (TPSA) is 9.86 Å². The molecule has 2 heterocycles. The van der Waals surface area contributed by atoms with Crippen LogP contribution in [-0.4, -0.2) is 9.13 Å². The molecule has 2 aromatic heterocycles. The quantitative estimate of drug-likeness (QED) is 0.174. The molecule has 2 heteroatoms. The number of benzene rings is 8. The van der Waals surface area contributed by atoms with Gasteiger partial charge in [-0.05, 0) is 111 Å². The normalized spacial score (nSPS) is 15.2. The van der Waals surface area contributed by atoms with Gasteiger partial charge < -0.3 is 9.13 Å². The molecule has 2 nitrogen and oxygen atoms in total. The number of fused-ring (bicyclic) bond motifs is 10. The molecule has 260 valence electrons. The summed E-state index contributed by atoms with van der Waals surface area (Å²) in [7, 11) is 0. The summed E-state index contributed by atoms with van der Waals surface area (Å²) in [6, 6.07) is 59.0. The summed E-state index contributed by atoms with van der Waals surface area (Å²) < 4.78 is 5.07. The van der Waals surface area contributed by atoms with E-state index in [1.807, 2.05) is 0 Å². The van der Waals surface area contributed by atoms with Crippen LogP contribution in [0, 0.1) is 0 Å². The van der Waals surface area contributed by atoms with E-state index in [-0.39, 0.29) is 10.8 Å². The lowest BCUT2D eigenvalue weighted by atomic mass is 9.63. The molecular formula is C52H42N2. The molecule has 10 aromatic rings. The first kappa shape index (κ1) is 31.4. The molecule has 0 bridgehead atoms. The van der Waals surface area contributed by atoms with Crippen LogP contribution in [0.25, 0.3) is 87.7 Å². The van der Waals surface area contributed by atoms with Crippen molar-refractivity contribution in [2.24, 2.45) is 0 Å². The average molecular weight is 695 g/mol. The molecule has 1 aliphatic rings. The highest BCUT2D eigenvalue weighted by Gasteiger charge is 2.38. The van der Waals surface area contributed by atoms with Crippen molar-refractivity contribution in [2.45, 2.75) is 51.4 Å². The Morgan fingerprint density at radius 2 is 0.981 bits per heavy atom. The van der Waals surface area contributed by atoms with Crippen molar-refractivity contribution in [1.82, 2.24) is 9.13 Å². The summed E-state index contributed by atoms with van der Waals surface area (Å²) >= 11 is 0. The fourth-order valence-corrected chi connectivity index (χ4v) is 9.82. The van der Waals surface area contributed by atoms with Gasteiger partial charge in [0, 0.05) is 32.6 Å². The van der Waals surface area contributed by atoms with Crippen molar-refractivity contribution in [3.8, 4) is 22.5 Å². The van der Waals surface area contributed by atoms with Gasteiger partial charge in [0.2, 0.25) is 0 Å². The van der Waals surface area contributed by atoms with Crippen LogP contribution < -0.4 is 0 Å². The third kappa shape index (κ3) is 4.40. The van der Waals surface area contributed by atoms with E-state index in [1.165, 1.54) is 112 Å². The molecule has 0 fully saturated rings. The van der Waals surface area contributed by atoms with E-state index in [4.69, 9.17) is 0 Å². The van der Waals surface area contributed by atoms with E-state index >= 15 is 0 Å². The van der Waals surface area contributed by atoms with Gasteiger partial charge >= 0.3 is 0 Å². The second-order valence-corrected chi connectivity index (χ2v) is 16.8. The van der Waals surface area contributed by atoms with Crippen molar-refractivity contribution in [3.63, 3.8) is 0 Å². The van der Waals surface area contributed by atoms with Crippen LogP contribution in [0.3, 0.4) is 0 Å². The smallest absolute Gasteiger partial charge is 0.0549 e. The molecule has 0 radical (unpaired) electrons. The lowest BCUT2D eigenvalue weighted by Gasteiger charge is -2.42. The average Bonchev–Trinajstić information content (AvgIpc) is 3.70. The van der Waals surface area contributed by atoms with Crippen molar-refractivity contribution < 1.29 is 0 Å². The number of para-hydroxylation sites is 1. The zero-order valence-corrected chi connectivity index (χ0v) is 31.3. The van der Waals surface area contributed by atoms with Crippen molar-refractivity contribution in [2.75, 3.05) is 0 Å². The largest absolute Gasteiger partial charge is 0.309 e. The highest BCUT2D eigenvalue weighted by Crippen LogP contribution is 2.50. The third-order valence-corrected chi connectivity index (χ3v) is 12.8. The predicted molar refractivity (Wildman–Crippen MR) is 231 cm³/mol. The van der Waals surface area contributed by atoms with E-state index in [0.717, 1.165) is 0 Å². The van der Waals surface area contributed by atoms with Gasteiger partial charge in [0.15, 0.2) is 0 Å². The highest BCUT2D eigenvalue weighted by molar-refractivity contribution is 6.25. The molecule has 0 N–H and O–H groups in total. The van der Waals surface area contributed by atoms with Crippen molar-refractivity contribution >= 4 is 65.2 Å². The van der Waals surface area contributed by atoms with Gasteiger partial charge in [-0.15, -0.1) is 0 Å². The Balaban J connectivity index is 1.34. The Bertz CT molecular complexity index is 3140. The van der Waals surface area contributed by atoms with E-state index < -0.39 is 0 Å². The Hall–Kier alpha value is -6.12. The number of nitrogens with zero attached hydrogens (tertiary/aromatic N) is 2. The SMILES string of the molecule is CC1(C)CCC(C)(C)c2cc3c(cc21)c1cc2c(cc1n3-c1ccc(-c3ccccc3)c3ccccc13)c1c3ccccc3ccc1n2-c1ccccc1. The summed E-state index contributed by atoms with van der Waals surface area (Å²) in [5.74, 6) is 0. The zero-order valence-electron chi connectivity index (χ0n) is 31.3. The number of hydrogen-bond acceptors (Lipinski definition) is 0. The second-order valence-electron chi connectivity index (χ2n) is 16.8. The lowest BCUT2D eigenvalue weighted by Crippen LogP contribution is -2.33. The fourth-order valence-electron chi connectivity index (χ4n) is 9.82. The molecular weight excluding hydrogens is 653 g/mol. The second kappa shape index (κ2) is 11.2. The van der Waals surface area contributed by atoms with Crippen LogP contribution in [0.5, 0.6) is 0 Å². The van der Waals surface area contributed by atoms with Gasteiger partial charge in [-0.3, -0.25) is 0 Å². The Morgan fingerprint density at radius 3 is 1.74 bits per heavy atom. The van der Waals surface area contributed by atoms with Crippen molar-refractivity contribution in [3.05, 3.63) is 169 Å². The molecule has 1 aliphatic carbocycles. The lowest BCUT2D eigenvalue weighted by molar-refractivity contribution is 0.332. The van der Waals surface area contributed by atoms with Crippen LogP contribution in [0.15, 0.2) is 158 Å². The molecule has 0 saturated heterocycles. The van der Waals surface area contributed by atoms with Crippen LogP contribution in [-0.2, 0) is 10.8 Å². The van der Waals surface area contributed by atoms with Gasteiger partial charge in [0.25, 0.3) is 0 Å². The van der Waals surface area contributed by atoms with Gasteiger partial charge in [-0.25, -0.2) is 0 Å². The molecule has 0 unspecified atom stereocenters. The van der Waals surface area contributed by atoms with E-state index in [2.05, 4.69) is 195 Å². The summed E-state index contributed by atoms with van der Waals surface area (Å²) in [5.41, 5.74) is 13.0. The van der Waals surface area contributed by atoms with Gasteiger partial charge in [-0.1, -0.05) is 137 Å². The van der Waals surface area contributed by atoms with Crippen molar-refractivity contribution in [1.29, 1.82) is 0 Å². The van der Waals surface area contributed by atoms with Crippen LogP contribution in [0.2, 0.25) is 0 Å². The van der Waals surface area contributed by atoms with Crippen LogP contribution >= 0.6 is 0 Å². The summed E-state index contributed by atoms with van der Waals surface area (Å²) in [6.07, 6.45) is 2.36. The first-order valence-corrected chi connectivity index (χ1v) is 19.4. The van der Waals surface area contributed by atoms with E-state index in [0.29, 0.717) is 0 Å². The molecule has 54 heavy (non-hydrogen) atoms. The zero-order chi connectivity index (χ0) is 36.3. The number of rotatable bonds is 3. The van der Waals surface area contributed by atoms with Gasteiger partial charge in [0.05, 0.1) is 27.8 Å². The van der Waals surface area contributed by atoms with E-state index in [1.54, 1.807) is 0 Å². The molecule has 0 spiro atoms. The Morgan fingerprint density at radius 1 is 0.407 bits per heavy atom. The minimum atomic E-state index is 0.0866. The molecule has 0 saturated carbocycles. The third-order valence-electron chi connectivity index (χ3n) is 12.8. The minimum absolute atomic E-state index is 0.0866. The summed E-state index contributed by atoms with van der Waals surface area (Å²) in [4.78, 5) is 0. The maximum Gasteiger partial charge on any atom is 0.0549 e. The highest BCUT2D eigenvalue weighted by atomic mass is 15.0. The van der Waals surface area contributed by atoms with Gasteiger partial charge in [-0.2, -0.15) is 0 Å². The molecule has 0 atom stereocenters. The summed E-state index contributed by atoms with van der Waals surface area (Å²) in [6.45, 7) is 9.77. The first-order chi connectivity index (χ1) is 26.3. The minimum Gasteiger partial charge on any atom is -0.309 e. The first-order valence-electron chi connectivity index (χ1n) is 19.4. The van der Waals surface area contributed by atoms with Crippen LogP contribution in [0.1, 0.15) is 51.7 Å². The Labute approximate surface area is 315 Å². The number of aromatic nitrogens is 2. The molecule has 11 rings (SSSR count). The van der Waals surface area contributed by atoms with Gasteiger partial charge in [0.1, 0.15) is 0 Å². The van der Waals surface area contributed by atoms with Crippen LogP contribution in [0.4, 0.5) is 0 Å². The molecule has 0 aliphatic heterocycles. The number of hydrogen-bond donors (Lipinski definition) is 0. The van der Waals surface area contributed by atoms with E-state index in [9.17, 15) is 0 Å². The maximum atomic E-state index is 2.59. The fraction of sp³-hybridized carbons (Fsp3) is 0.154. The molecule has 0 amide bonds. The standard InChI is InChI=1S/C52H42N2/c1-51(2)27-28-52(3,4)44-32-49-40(29-43(44)51)41-30-48-42(50-37-20-12-11-17-34(37)23-25-46(50)53(48)35-18-9-6-10-19-35)31-47(41)54(49)45-26-24-36(33-15-7-5-8-16-33)38-21-13-14-22-39(38)45/h5-26,29-32H,27-28H2,1-4H3. The monoisotopic (exact) mass is 694 g/mol. The maximum absolute atomic E-state index is 2.59. The molecule has 8 aromatic carbocycles. The summed E-state index contributed by atoms with van der Waals surface area (Å²) in [5, 5.41) is 10.3. The Kier molecular flexibility index (Phi) is 6.51. The predicted octanol–water partition coefficient (Wildman–Crippen LogP) is 14.2.